The summed E-state index contributed by atoms with van der Waals surface area (Å²) in [6.07, 6.45) is 7.60. The van der Waals surface area contributed by atoms with E-state index in [2.05, 4.69) is 352 Å². The standard InChI is InChI=1S/C92H102N8O2/c1-85(2,3)65-21-33-71(34-22-65)91(72-35-23-66(24-36-72)86(4,5)6,73-37-25-67(26-38-73)87(7,8)9)77-45-49-81(50-46-77)101-61-79-59-99(97-95-79)57-63-19-53-83(93-55-63)84-54-20-64(56-94-84)58-100-60-80(96-98-100)62-102-82-51-47-78(48-52-82)92(74-39-27-68(28-40-74)88(10,11)12,75-41-29-69(30-42-75)89(13,14)15)76-43-31-70(32-44-76)90(16,17)18/h19-56,59-60H,57-58,61-62H2,1-18H3. The number of nitrogens with zero attached hydrogens (tertiary/aromatic N) is 8. The average Bonchev–Trinajstić information content (AvgIpc) is 0.910. The lowest BCUT2D eigenvalue weighted by Gasteiger charge is -2.38. The van der Waals surface area contributed by atoms with Gasteiger partial charge in [0, 0.05) is 12.4 Å². The van der Waals surface area contributed by atoms with E-state index in [0.717, 1.165) is 56.5 Å². The third kappa shape index (κ3) is 15.5. The van der Waals surface area contributed by atoms with Gasteiger partial charge in [-0.1, -0.05) is 317 Å². The van der Waals surface area contributed by atoms with Crippen LogP contribution in [0, 0.1) is 0 Å². The second-order valence-electron chi connectivity index (χ2n) is 34.0. The largest absolute Gasteiger partial charge is 0.487 e. The zero-order valence-electron chi connectivity index (χ0n) is 63.3. The van der Waals surface area contributed by atoms with Crippen molar-refractivity contribution >= 4 is 0 Å². The number of ether oxygens (including phenoxy) is 2. The van der Waals surface area contributed by atoms with Crippen molar-refractivity contribution < 1.29 is 9.47 Å². The van der Waals surface area contributed by atoms with Crippen LogP contribution in [-0.2, 0) is 69.6 Å². The Morgan fingerprint density at radius 2 is 0.461 bits per heavy atom. The first kappa shape index (κ1) is 71.8. The van der Waals surface area contributed by atoms with Crippen molar-refractivity contribution in [2.75, 3.05) is 0 Å². The lowest BCUT2D eigenvalue weighted by molar-refractivity contribution is 0.301. The molecule has 0 aliphatic carbocycles. The first-order chi connectivity index (χ1) is 48.2. The van der Waals surface area contributed by atoms with Gasteiger partial charge in [0.05, 0.1) is 47.7 Å². The maximum atomic E-state index is 6.45. The van der Waals surface area contributed by atoms with Crippen molar-refractivity contribution in [3.63, 3.8) is 0 Å². The molecule has 0 radical (unpaired) electrons. The Morgan fingerprint density at radius 3 is 0.657 bits per heavy atom. The fourth-order valence-corrected chi connectivity index (χ4v) is 13.9. The van der Waals surface area contributed by atoms with E-state index >= 15 is 0 Å². The van der Waals surface area contributed by atoms with Gasteiger partial charge in [0.2, 0.25) is 0 Å². The molecule has 0 bridgehead atoms. The lowest BCUT2D eigenvalue weighted by Crippen LogP contribution is -2.31. The maximum absolute atomic E-state index is 6.45. The average molecular weight is 1350 g/mol. The second kappa shape index (κ2) is 28.1. The van der Waals surface area contributed by atoms with Gasteiger partial charge in [-0.2, -0.15) is 0 Å². The molecule has 8 aromatic carbocycles. The van der Waals surface area contributed by atoms with Crippen LogP contribution in [0.4, 0.5) is 0 Å². The Labute approximate surface area is 606 Å². The minimum Gasteiger partial charge on any atom is -0.487 e. The van der Waals surface area contributed by atoms with Crippen molar-refractivity contribution in [3.05, 3.63) is 344 Å². The van der Waals surface area contributed by atoms with Gasteiger partial charge < -0.3 is 9.47 Å². The summed E-state index contributed by atoms with van der Waals surface area (Å²) in [4.78, 5) is 9.62. The Bertz CT molecular complexity index is 4170. The molecule has 0 amide bonds. The highest BCUT2D eigenvalue weighted by Gasteiger charge is 2.41. The fourth-order valence-electron chi connectivity index (χ4n) is 13.9. The van der Waals surface area contributed by atoms with Crippen LogP contribution >= 0.6 is 0 Å². The number of rotatable bonds is 19. The van der Waals surface area contributed by atoms with Crippen LogP contribution < -0.4 is 9.47 Å². The molecular weight excluding hydrogens is 1250 g/mol. The number of hydrogen-bond donors (Lipinski definition) is 0. The molecule has 0 aliphatic heterocycles. The van der Waals surface area contributed by atoms with Gasteiger partial charge in [-0.25, -0.2) is 9.36 Å². The predicted octanol–water partition coefficient (Wildman–Crippen LogP) is 21.1. The molecule has 0 unspecified atom stereocenters. The molecule has 10 heteroatoms. The van der Waals surface area contributed by atoms with Crippen LogP contribution in [0.25, 0.3) is 11.4 Å². The van der Waals surface area contributed by atoms with Crippen molar-refractivity contribution in [3.8, 4) is 22.9 Å². The smallest absolute Gasteiger partial charge is 0.134 e. The SMILES string of the molecule is CC(C)(C)c1ccc(C(c2ccc(OCc3cn(Cc4ccc(-c5ccc(Cn6cc(COc7ccc(C(c8ccc(C(C)(C)C)cc8)(c8ccc(C(C)(C)C)cc8)c8ccc(C(C)(C)C)cc8)cc7)nn6)cn5)nc4)nn3)cc2)(c2ccc(C(C)(C)C)cc2)c2ccc(C(C)(C)C)cc2)cc1. The van der Waals surface area contributed by atoms with Crippen molar-refractivity contribution in [1.29, 1.82) is 0 Å². The Morgan fingerprint density at radius 1 is 0.255 bits per heavy atom. The quantitative estimate of drug-likeness (QED) is 0.0737. The fraction of sp³-hybridized carbons (Fsp3) is 0.326. The first-order valence-corrected chi connectivity index (χ1v) is 36.1. The third-order valence-corrected chi connectivity index (χ3v) is 20.2. The molecule has 4 heterocycles. The molecule has 4 aromatic heterocycles. The monoisotopic (exact) mass is 1350 g/mol. The highest BCUT2D eigenvalue weighted by Crippen LogP contribution is 2.49. The van der Waals surface area contributed by atoms with E-state index in [4.69, 9.17) is 19.4 Å². The molecule has 522 valence electrons. The topological polar surface area (TPSA) is 106 Å². The summed E-state index contributed by atoms with van der Waals surface area (Å²) < 4.78 is 16.5. The summed E-state index contributed by atoms with van der Waals surface area (Å²) in [5.74, 6) is 1.50. The van der Waals surface area contributed by atoms with E-state index in [9.17, 15) is 0 Å². The summed E-state index contributed by atoms with van der Waals surface area (Å²) in [6.45, 7) is 42.4. The van der Waals surface area contributed by atoms with Crippen LogP contribution in [0.3, 0.4) is 0 Å². The number of benzene rings is 8. The van der Waals surface area contributed by atoms with E-state index in [-0.39, 0.29) is 45.7 Å². The van der Waals surface area contributed by atoms with Crippen LogP contribution in [0.1, 0.15) is 225 Å². The summed E-state index contributed by atoms with van der Waals surface area (Å²) in [6, 6.07) is 81.0. The predicted molar refractivity (Wildman–Crippen MR) is 416 cm³/mol. The minimum atomic E-state index is -0.624. The summed E-state index contributed by atoms with van der Waals surface area (Å²) in [5, 5.41) is 17.9. The van der Waals surface area contributed by atoms with Crippen LogP contribution in [0.15, 0.2) is 243 Å². The van der Waals surface area contributed by atoms with Gasteiger partial charge in [-0.15, -0.1) is 10.2 Å². The van der Waals surface area contributed by atoms with E-state index < -0.39 is 10.8 Å². The molecule has 102 heavy (non-hydrogen) atoms. The number of pyridine rings is 2. The van der Waals surface area contributed by atoms with Crippen LogP contribution in [0.5, 0.6) is 11.5 Å². The summed E-state index contributed by atoms with van der Waals surface area (Å²) in [5.41, 5.74) is 21.1. The van der Waals surface area contributed by atoms with Crippen LogP contribution in [-0.4, -0.2) is 40.0 Å². The van der Waals surface area contributed by atoms with E-state index in [1.54, 1.807) is 0 Å². The van der Waals surface area contributed by atoms with Gasteiger partial charge >= 0.3 is 0 Å². The molecule has 0 aliphatic rings. The van der Waals surface area contributed by atoms with Gasteiger partial charge in [-0.05, 0) is 158 Å². The molecule has 12 aromatic rings. The summed E-state index contributed by atoms with van der Waals surface area (Å²) in [7, 11) is 0. The summed E-state index contributed by atoms with van der Waals surface area (Å²) >= 11 is 0. The zero-order valence-corrected chi connectivity index (χ0v) is 63.3. The highest BCUT2D eigenvalue weighted by molar-refractivity contribution is 5.64. The highest BCUT2D eigenvalue weighted by atomic mass is 16.5. The third-order valence-electron chi connectivity index (χ3n) is 20.2. The molecular formula is C92H102N8O2. The number of hydrogen-bond acceptors (Lipinski definition) is 8. The van der Waals surface area contributed by atoms with Gasteiger partial charge in [0.1, 0.15) is 36.1 Å². The Balaban J connectivity index is 0.688. The molecule has 12 rings (SSSR count). The molecule has 0 spiro atoms. The Kier molecular flexibility index (Phi) is 19.7. The molecule has 0 saturated carbocycles. The first-order valence-electron chi connectivity index (χ1n) is 36.1. The molecule has 0 atom stereocenters. The van der Waals surface area contributed by atoms with Crippen molar-refractivity contribution in [2.45, 2.75) is 194 Å². The molecule has 0 N–H and O–H groups in total. The van der Waals surface area contributed by atoms with Crippen LogP contribution in [0.2, 0.25) is 0 Å². The normalized spacial score (nSPS) is 12.8. The minimum absolute atomic E-state index is 0.0134. The molecule has 0 fully saturated rings. The maximum Gasteiger partial charge on any atom is 0.134 e. The second-order valence-corrected chi connectivity index (χ2v) is 34.0. The van der Waals surface area contributed by atoms with Gasteiger partial charge in [0.15, 0.2) is 0 Å². The van der Waals surface area contributed by atoms with Crippen molar-refractivity contribution in [1.82, 2.24) is 40.0 Å². The van der Waals surface area contributed by atoms with Gasteiger partial charge in [0.25, 0.3) is 0 Å². The van der Waals surface area contributed by atoms with Crippen molar-refractivity contribution in [2.24, 2.45) is 0 Å². The van der Waals surface area contributed by atoms with E-state index in [1.165, 1.54) is 66.8 Å². The number of aromatic nitrogens is 8. The molecule has 0 saturated heterocycles. The van der Waals surface area contributed by atoms with E-state index in [0.29, 0.717) is 13.1 Å². The Hall–Kier alpha value is -10.1. The zero-order chi connectivity index (χ0) is 72.6. The van der Waals surface area contributed by atoms with E-state index in [1.807, 2.05) is 46.3 Å². The van der Waals surface area contributed by atoms with Gasteiger partial charge in [-0.3, -0.25) is 9.97 Å². The molecule has 10 nitrogen and oxygen atoms in total. The lowest BCUT2D eigenvalue weighted by atomic mass is 9.64.